The highest BCUT2D eigenvalue weighted by Crippen LogP contribution is 1.84. The number of nitrogens with zero attached hydrogens (tertiary/aromatic N) is 2. The van der Waals surface area contributed by atoms with Gasteiger partial charge in [0.25, 0.3) is 5.56 Å². The van der Waals surface area contributed by atoms with E-state index in [9.17, 15) is 4.79 Å². The van der Waals surface area contributed by atoms with Gasteiger partial charge < -0.3 is 0 Å². The van der Waals surface area contributed by atoms with Crippen molar-refractivity contribution in [2.24, 2.45) is 0 Å². The van der Waals surface area contributed by atoms with Crippen molar-refractivity contribution in [2.75, 3.05) is 0 Å². The minimum atomic E-state index is -0.0302. The smallest absolute Gasteiger partial charge is 0.253 e. The van der Waals surface area contributed by atoms with Gasteiger partial charge in [0, 0.05) is 18.3 Å². The van der Waals surface area contributed by atoms with Gasteiger partial charge >= 0.3 is 0 Å². The molecule has 0 radical (unpaired) electrons. The van der Waals surface area contributed by atoms with Crippen molar-refractivity contribution < 1.29 is 0 Å². The quantitative estimate of drug-likeness (QED) is 0.583. The monoisotopic (exact) mass is 150 g/mol. The highest BCUT2D eigenvalue weighted by molar-refractivity contribution is 4.96. The van der Waals surface area contributed by atoms with Gasteiger partial charge in [-0.25, -0.2) is 4.98 Å². The fraction of sp³-hybridized carbons (Fsp3) is 0.250. The zero-order valence-electron chi connectivity index (χ0n) is 6.45. The molecule has 0 aliphatic carbocycles. The Hall–Kier alpha value is -1.38. The second-order valence-corrected chi connectivity index (χ2v) is 2.31. The minimum absolute atomic E-state index is 0.0302. The summed E-state index contributed by atoms with van der Waals surface area (Å²) in [5, 5.41) is 0. The van der Waals surface area contributed by atoms with E-state index in [1.807, 2.05) is 0 Å². The van der Waals surface area contributed by atoms with E-state index in [2.05, 4.69) is 11.6 Å². The first-order chi connectivity index (χ1) is 5.24. The van der Waals surface area contributed by atoms with Crippen molar-refractivity contribution in [3.8, 4) is 0 Å². The van der Waals surface area contributed by atoms with Crippen molar-refractivity contribution in [3.05, 3.63) is 41.1 Å². The summed E-state index contributed by atoms with van der Waals surface area (Å²) in [6.45, 7) is 5.84. The Balaban J connectivity index is 3.09. The van der Waals surface area contributed by atoms with Crippen LogP contribution in [0.5, 0.6) is 0 Å². The molecule has 1 rings (SSSR count). The summed E-state index contributed by atoms with van der Waals surface area (Å²) in [5.74, 6) is 0. The number of allylic oxidation sites excluding steroid dienone is 1. The van der Waals surface area contributed by atoms with Crippen LogP contribution >= 0.6 is 0 Å². The van der Waals surface area contributed by atoms with Crippen LogP contribution in [0.3, 0.4) is 0 Å². The molecule has 3 heteroatoms. The average molecular weight is 150 g/mol. The number of aromatic nitrogens is 2. The topological polar surface area (TPSA) is 34.9 Å². The summed E-state index contributed by atoms with van der Waals surface area (Å²) in [7, 11) is 0. The Bertz CT molecular complexity index is 314. The van der Waals surface area contributed by atoms with E-state index in [-0.39, 0.29) is 5.56 Å². The molecule has 3 nitrogen and oxygen atoms in total. The Morgan fingerprint density at radius 1 is 1.82 bits per heavy atom. The van der Waals surface area contributed by atoms with Crippen LogP contribution < -0.4 is 5.56 Å². The van der Waals surface area contributed by atoms with Crippen LogP contribution in [0.1, 0.15) is 5.69 Å². The van der Waals surface area contributed by atoms with Gasteiger partial charge in [-0.2, -0.15) is 0 Å². The van der Waals surface area contributed by atoms with Crippen LogP contribution in [-0.4, -0.2) is 9.55 Å². The molecule has 11 heavy (non-hydrogen) atoms. The number of hydrogen-bond acceptors (Lipinski definition) is 2. The molecule has 0 atom stereocenters. The van der Waals surface area contributed by atoms with E-state index in [0.29, 0.717) is 6.54 Å². The number of aryl methyl sites for hydroxylation is 1. The van der Waals surface area contributed by atoms with Crippen LogP contribution in [0.4, 0.5) is 0 Å². The van der Waals surface area contributed by atoms with Gasteiger partial charge in [0.2, 0.25) is 0 Å². The third kappa shape index (κ3) is 1.77. The van der Waals surface area contributed by atoms with E-state index < -0.39 is 0 Å². The largest absolute Gasteiger partial charge is 0.295 e. The molecule has 0 fully saturated rings. The normalized spacial score (nSPS) is 9.55. The summed E-state index contributed by atoms with van der Waals surface area (Å²) in [5.41, 5.74) is 0.715. The Labute approximate surface area is 65.0 Å². The molecule has 0 aliphatic heterocycles. The molecule has 1 aromatic rings. The molecule has 0 spiro atoms. The van der Waals surface area contributed by atoms with Crippen LogP contribution in [0.2, 0.25) is 0 Å². The molecule has 58 valence electrons. The van der Waals surface area contributed by atoms with E-state index in [4.69, 9.17) is 0 Å². The van der Waals surface area contributed by atoms with Gasteiger partial charge in [0.05, 0.1) is 6.33 Å². The van der Waals surface area contributed by atoms with E-state index in [1.165, 1.54) is 17.0 Å². The molecule has 0 N–H and O–H groups in total. The number of hydrogen-bond donors (Lipinski definition) is 0. The summed E-state index contributed by atoms with van der Waals surface area (Å²) in [6, 6.07) is 1.50. The third-order valence-electron chi connectivity index (χ3n) is 1.34. The van der Waals surface area contributed by atoms with Crippen LogP contribution in [0.15, 0.2) is 29.8 Å². The lowest BCUT2D eigenvalue weighted by atomic mass is 10.4. The first-order valence-electron chi connectivity index (χ1n) is 3.38. The lowest BCUT2D eigenvalue weighted by Gasteiger charge is -1.99. The van der Waals surface area contributed by atoms with Gasteiger partial charge in [-0.15, -0.1) is 6.58 Å². The summed E-state index contributed by atoms with van der Waals surface area (Å²) in [4.78, 5) is 15.1. The SMILES string of the molecule is C=CCn1cnc(C)cc1=O. The summed E-state index contributed by atoms with van der Waals surface area (Å²) in [6.07, 6.45) is 3.19. The standard InChI is InChI=1S/C8H10N2O/c1-3-4-10-6-9-7(2)5-8(10)11/h3,5-6H,1,4H2,2H3. The molecule has 1 heterocycles. The predicted molar refractivity (Wildman–Crippen MR) is 43.4 cm³/mol. The van der Waals surface area contributed by atoms with Crippen molar-refractivity contribution in [1.29, 1.82) is 0 Å². The average Bonchev–Trinajstić information content (AvgIpc) is 1.95. The Morgan fingerprint density at radius 3 is 3.09 bits per heavy atom. The lowest BCUT2D eigenvalue weighted by Crippen LogP contribution is -2.18. The van der Waals surface area contributed by atoms with Crippen molar-refractivity contribution >= 4 is 0 Å². The van der Waals surface area contributed by atoms with Gasteiger partial charge in [0.15, 0.2) is 0 Å². The van der Waals surface area contributed by atoms with Crippen molar-refractivity contribution in [2.45, 2.75) is 13.5 Å². The molecule has 0 saturated carbocycles. The van der Waals surface area contributed by atoms with Gasteiger partial charge in [-0.1, -0.05) is 6.08 Å². The van der Waals surface area contributed by atoms with Gasteiger partial charge in [0.1, 0.15) is 0 Å². The minimum Gasteiger partial charge on any atom is -0.295 e. The fourth-order valence-corrected chi connectivity index (χ4v) is 0.793. The third-order valence-corrected chi connectivity index (χ3v) is 1.34. The first kappa shape index (κ1) is 7.72. The first-order valence-corrected chi connectivity index (χ1v) is 3.38. The zero-order valence-corrected chi connectivity index (χ0v) is 6.45. The van der Waals surface area contributed by atoms with Crippen molar-refractivity contribution in [3.63, 3.8) is 0 Å². The Morgan fingerprint density at radius 2 is 2.55 bits per heavy atom. The summed E-state index contributed by atoms with van der Waals surface area (Å²) >= 11 is 0. The van der Waals surface area contributed by atoms with Crippen LogP contribution in [0.25, 0.3) is 0 Å². The molecule has 0 amide bonds. The molecule has 1 aromatic heterocycles. The fourth-order valence-electron chi connectivity index (χ4n) is 0.793. The Kier molecular flexibility index (Phi) is 2.21. The maximum absolute atomic E-state index is 11.1. The maximum atomic E-state index is 11.1. The molecular weight excluding hydrogens is 140 g/mol. The van der Waals surface area contributed by atoms with Crippen LogP contribution in [-0.2, 0) is 6.54 Å². The van der Waals surface area contributed by atoms with E-state index in [1.54, 1.807) is 13.0 Å². The lowest BCUT2D eigenvalue weighted by molar-refractivity contribution is 0.748. The van der Waals surface area contributed by atoms with Crippen molar-refractivity contribution in [1.82, 2.24) is 9.55 Å². The maximum Gasteiger partial charge on any atom is 0.253 e. The highest BCUT2D eigenvalue weighted by atomic mass is 16.1. The van der Waals surface area contributed by atoms with Crippen LogP contribution in [0, 0.1) is 6.92 Å². The molecule has 0 unspecified atom stereocenters. The van der Waals surface area contributed by atoms with Gasteiger partial charge in [-0.05, 0) is 6.92 Å². The highest BCUT2D eigenvalue weighted by Gasteiger charge is 1.92. The molecule has 0 bridgehead atoms. The summed E-state index contributed by atoms with van der Waals surface area (Å²) < 4.78 is 1.50. The predicted octanol–water partition coefficient (Wildman–Crippen LogP) is 0.738. The zero-order chi connectivity index (χ0) is 8.27. The second-order valence-electron chi connectivity index (χ2n) is 2.31. The molecule has 0 aromatic carbocycles. The van der Waals surface area contributed by atoms with E-state index in [0.717, 1.165) is 5.69 Å². The number of rotatable bonds is 2. The van der Waals surface area contributed by atoms with Gasteiger partial charge in [-0.3, -0.25) is 9.36 Å². The molecule has 0 saturated heterocycles. The molecular formula is C8H10N2O. The second kappa shape index (κ2) is 3.14. The molecule has 0 aliphatic rings. The van der Waals surface area contributed by atoms with E-state index >= 15 is 0 Å².